The summed E-state index contributed by atoms with van der Waals surface area (Å²) in [7, 11) is 0. The molecular formula is C12H26O2Sn. The second kappa shape index (κ2) is 14.6. The molecule has 0 aromatic carbocycles. The Balaban J connectivity index is 2.83. The van der Waals surface area contributed by atoms with E-state index in [9.17, 15) is 3.08 Å². The van der Waals surface area contributed by atoms with Gasteiger partial charge in [-0.15, -0.1) is 0 Å². The summed E-state index contributed by atoms with van der Waals surface area (Å²) in [6, 6.07) is 0. The van der Waals surface area contributed by atoms with Crippen LogP contribution >= 0.6 is 0 Å². The molecule has 0 amide bonds. The minimum absolute atomic E-state index is 0.737. The van der Waals surface area contributed by atoms with Gasteiger partial charge in [-0.1, -0.05) is 6.92 Å². The molecular weight excluding hydrogens is 295 g/mol. The van der Waals surface area contributed by atoms with Crippen LogP contribution in [-0.2, 0) is 6.15 Å². The van der Waals surface area contributed by atoms with Crippen molar-refractivity contribution in [3.05, 3.63) is 0 Å². The number of rotatable bonds is 12. The van der Waals surface area contributed by atoms with E-state index in [0.717, 1.165) is 13.0 Å². The summed E-state index contributed by atoms with van der Waals surface area (Å²) in [6.45, 7) is 3.00. The Morgan fingerprint density at radius 1 is 0.800 bits per heavy atom. The summed E-state index contributed by atoms with van der Waals surface area (Å²) in [5.74, 6) is 0. The van der Waals surface area contributed by atoms with Gasteiger partial charge in [0.05, 0.1) is 0 Å². The monoisotopic (exact) mass is 322 g/mol. The Bertz CT molecular complexity index is 129. The maximum absolute atomic E-state index is 10.2. The summed E-state index contributed by atoms with van der Waals surface area (Å²) in [5, 5.41) is 0. The molecule has 0 unspecified atom stereocenters. The van der Waals surface area contributed by atoms with Crippen LogP contribution in [0.25, 0.3) is 0 Å². The van der Waals surface area contributed by atoms with Crippen molar-refractivity contribution < 1.29 is 6.15 Å². The number of hydrogen-bond acceptors (Lipinski definition) is 2. The van der Waals surface area contributed by atoms with Crippen LogP contribution < -0.4 is 0 Å². The Hall–Kier alpha value is 0.559. The van der Waals surface area contributed by atoms with E-state index in [0.29, 0.717) is 0 Å². The van der Waals surface area contributed by atoms with Crippen LogP contribution in [0.15, 0.2) is 0 Å². The van der Waals surface area contributed by atoms with Gasteiger partial charge >= 0.3 is 98.5 Å². The van der Waals surface area contributed by atoms with Gasteiger partial charge in [0.15, 0.2) is 0 Å². The second-order valence-electron chi connectivity index (χ2n) is 4.15. The predicted molar refractivity (Wildman–Crippen MR) is 65.6 cm³/mol. The molecule has 0 aliphatic rings. The Labute approximate surface area is 105 Å². The second-order valence-corrected chi connectivity index (χ2v) is 5.65. The van der Waals surface area contributed by atoms with Crippen molar-refractivity contribution in [3.8, 4) is 0 Å². The van der Waals surface area contributed by atoms with E-state index < -0.39 is 21.5 Å². The first-order valence-electron chi connectivity index (χ1n) is 6.47. The predicted octanol–water partition coefficient (Wildman–Crippen LogP) is 3.62. The molecule has 0 saturated carbocycles. The third-order valence-corrected chi connectivity index (χ3v) is 3.74. The van der Waals surface area contributed by atoms with Crippen molar-refractivity contribution >= 4 is 21.5 Å². The zero-order valence-corrected chi connectivity index (χ0v) is 13.5. The first-order chi connectivity index (χ1) is 7.41. The van der Waals surface area contributed by atoms with Gasteiger partial charge in [0, 0.05) is 0 Å². The molecule has 90 valence electrons. The average Bonchev–Trinajstić information content (AvgIpc) is 2.26. The molecule has 0 rings (SSSR count). The summed E-state index contributed by atoms with van der Waals surface area (Å²) in [6.07, 6.45) is 13.4. The van der Waals surface area contributed by atoms with Gasteiger partial charge in [0.2, 0.25) is 0 Å². The van der Waals surface area contributed by atoms with Crippen molar-refractivity contribution in [2.75, 3.05) is 6.61 Å². The Kier molecular flexibility index (Phi) is 15.1. The Morgan fingerprint density at radius 3 is 1.73 bits per heavy atom. The SMILES string of the molecule is CCCCCCCCCCCC[O][SnH]=[O]. The fourth-order valence-corrected chi connectivity index (χ4v) is 2.47. The van der Waals surface area contributed by atoms with Crippen LogP contribution in [-0.4, -0.2) is 28.1 Å². The molecule has 0 aliphatic carbocycles. The van der Waals surface area contributed by atoms with Crippen LogP contribution in [0.1, 0.15) is 71.1 Å². The molecule has 0 saturated heterocycles. The van der Waals surface area contributed by atoms with Gasteiger partial charge in [-0.2, -0.15) is 0 Å². The van der Waals surface area contributed by atoms with E-state index in [2.05, 4.69) is 6.92 Å². The first kappa shape index (κ1) is 15.6. The first-order valence-corrected chi connectivity index (χ1v) is 9.16. The van der Waals surface area contributed by atoms with Gasteiger partial charge < -0.3 is 0 Å². The van der Waals surface area contributed by atoms with Crippen molar-refractivity contribution in [2.24, 2.45) is 0 Å². The van der Waals surface area contributed by atoms with Gasteiger partial charge in [-0.25, -0.2) is 0 Å². The summed E-state index contributed by atoms with van der Waals surface area (Å²) in [4.78, 5) is 0. The quantitative estimate of drug-likeness (QED) is 0.405. The van der Waals surface area contributed by atoms with Crippen molar-refractivity contribution in [1.82, 2.24) is 0 Å². The van der Waals surface area contributed by atoms with Crippen LogP contribution in [0.5, 0.6) is 0 Å². The average molecular weight is 321 g/mol. The van der Waals surface area contributed by atoms with Gasteiger partial charge in [0.25, 0.3) is 0 Å². The molecule has 0 heterocycles. The fraction of sp³-hybridized carbons (Fsp3) is 1.00. The summed E-state index contributed by atoms with van der Waals surface area (Å²) < 4.78 is 15.1. The molecule has 0 aliphatic heterocycles. The molecule has 0 fully saturated rings. The van der Waals surface area contributed by atoms with E-state index in [1.807, 2.05) is 0 Å². The van der Waals surface area contributed by atoms with Crippen LogP contribution in [0, 0.1) is 0 Å². The van der Waals surface area contributed by atoms with Crippen molar-refractivity contribution in [3.63, 3.8) is 0 Å². The fourth-order valence-electron chi connectivity index (χ4n) is 1.72. The molecule has 0 atom stereocenters. The molecule has 0 bridgehead atoms. The summed E-state index contributed by atoms with van der Waals surface area (Å²) in [5.41, 5.74) is 0. The molecule has 2 nitrogen and oxygen atoms in total. The third kappa shape index (κ3) is 14.6. The molecule has 15 heavy (non-hydrogen) atoms. The standard InChI is InChI=1S/C12H25O.O.Sn.H/c1-2-3-4-5-6-7-8-9-10-11-12-13;;;/h2-12H2,1H3;;;/q-1;;+1;. The van der Waals surface area contributed by atoms with Crippen LogP contribution in [0.4, 0.5) is 0 Å². The third-order valence-electron chi connectivity index (χ3n) is 2.68. The molecule has 3 heteroatoms. The van der Waals surface area contributed by atoms with Crippen molar-refractivity contribution in [2.45, 2.75) is 71.1 Å². The topological polar surface area (TPSA) is 26.3 Å². The molecule has 0 radical (unpaired) electrons. The zero-order valence-electron chi connectivity index (χ0n) is 10.2. The minimum atomic E-state index is -1.77. The zero-order chi connectivity index (χ0) is 11.2. The van der Waals surface area contributed by atoms with Gasteiger partial charge in [-0.3, -0.25) is 0 Å². The van der Waals surface area contributed by atoms with E-state index in [1.165, 1.54) is 57.8 Å². The molecule has 0 aromatic heterocycles. The van der Waals surface area contributed by atoms with E-state index in [4.69, 9.17) is 3.07 Å². The normalized spacial score (nSPS) is 10.5. The Morgan fingerprint density at radius 2 is 1.27 bits per heavy atom. The van der Waals surface area contributed by atoms with Gasteiger partial charge in [-0.05, 0) is 0 Å². The number of unbranched alkanes of at least 4 members (excludes halogenated alkanes) is 9. The molecule has 0 spiro atoms. The van der Waals surface area contributed by atoms with Crippen LogP contribution in [0.3, 0.4) is 0 Å². The van der Waals surface area contributed by atoms with E-state index in [1.54, 1.807) is 0 Å². The van der Waals surface area contributed by atoms with E-state index in [-0.39, 0.29) is 0 Å². The van der Waals surface area contributed by atoms with Gasteiger partial charge in [0.1, 0.15) is 0 Å². The molecule has 0 N–H and O–H groups in total. The molecule has 0 aromatic rings. The van der Waals surface area contributed by atoms with Crippen molar-refractivity contribution in [1.29, 1.82) is 0 Å². The van der Waals surface area contributed by atoms with Crippen LogP contribution in [0.2, 0.25) is 0 Å². The summed E-state index contributed by atoms with van der Waals surface area (Å²) >= 11 is -1.77. The van der Waals surface area contributed by atoms with E-state index >= 15 is 0 Å². The number of hydrogen-bond donors (Lipinski definition) is 0. The maximum atomic E-state index is 10.2.